The highest BCUT2D eigenvalue weighted by atomic mass is 32.2. The van der Waals surface area contributed by atoms with Crippen molar-refractivity contribution in [3.05, 3.63) is 59.7 Å². The van der Waals surface area contributed by atoms with E-state index in [2.05, 4.69) is 29.6 Å². The third kappa shape index (κ3) is 5.64. The molecule has 2 aromatic carbocycles. The van der Waals surface area contributed by atoms with E-state index in [0.717, 1.165) is 0 Å². The first kappa shape index (κ1) is 25.1. The summed E-state index contributed by atoms with van der Waals surface area (Å²) in [5.74, 6) is -0.399. The van der Waals surface area contributed by atoms with Crippen molar-refractivity contribution in [3.8, 4) is 11.1 Å². The van der Waals surface area contributed by atoms with Crippen LogP contribution in [0.2, 0.25) is 0 Å². The van der Waals surface area contributed by atoms with E-state index >= 15 is 0 Å². The van der Waals surface area contributed by atoms with E-state index in [1.807, 2.05) is 38.1 Å². The largest absolute Gasteiger partial charge is 0.480 e. The zero-order valence-corrected chi connectivity index (χ0v) is 20.9. The van der Waals surface area contributed by atoms with Crippen LogP contribution in [-0.2, 0) is 14.3 Å². The van der Waals surface area contributed by atoms with Gasteiger partial charge in [-0.1, -0.05) is 55.5 Å². The Balaban J connectivity index is 1.19. The number of ether oxygens (including phenoxy) is 1. The number of amides is 2. The Morgan fingerprint density at radius 1 is 1.09 bits per heavy atom. The smallest absolute Gasteiger partial charge is 0.407 e. The highest BCUT2D eigenvalue weighted by Crippen LogP contribution is 2.44. The lowest BCUT2D eigenvalue weighted by Crippen LogP contribution is -2.44. The van der Waals surface area contributed by atoms with Crippen LogP contribution in [0.15, 0.2) is 48.5 Å². The minimum Gasteiger partial charge on any atom is -0.480 e. The molecule has 8 heteroatoms. The number of nitrogens with zero attached hydrogens (tertiary/aromatic N) is 1. The maximum atomic E-state index is 12.6. The lowest BCUT2D eigenvalue weighted by atomic mass is 9.98. The summed E-state index contributed by atoms with van der Waals surface area (Å²) in [5, 5.41) is 12.0. The van der Waals surface area contributed by atoms with Gasteiger partial charge in [-0.05, 0) is 47.9 Å². The van der Waals surface area contributed by atoms with Crippen molar-refractivity contribution in [2.75, 3.05) is 18.9 Å². The van der Waals surface area contributed by atoms with Crippen molar-refractivity contribution in [2.24, 2.45) is 5.92 Å². The van der Waals surface area contributed by atoms with Gasteiger partial charge < -0.3 is 20.1 Å². The molecular weight excluding hydrogens is 464 g/mol. The number of thioether (sulfide) groups is 1. The molecule has 2 aromatic rings. The molecule has 0 radical (unpaired) electrons. The number of nitrogens with one attached hydrogen (secondary N) is 1. The summed E-state index contributed by atoms with van der Waals surface area (Å²) in [6, 6.07) is 15.7. The molecule has 4 rings (SSSR count). The minimum atomic E-state index is -0.949. The number of carbonyl (C=O) groups is 3. The number of hydrogen-bond donors (Lipinski definition) is 2. The molecule has 0 saturated carbocycles. The Morgan fingerprint density at radius 2 is 1.71 bits per heavy atom. The molecule has 0 aromatic heterocycles. The van der Waals surface area contributed by atoms with Gasteiger partial charge in [0.2, 0.25) is 5.91 Å². The average molecular weight is 497 g/mol. The molecular formula is C27H32N2O5S. The number of carboxylic acids is 1. The molecule has 1 fully saturated rings. The van der Waals surface area contributed by atoms with E-state index in [1.54, 1.807) is 0 Å². The zero-order valence-electron chi connectivity index (χ0n) is 20.1. The van der Waals surface area contributed by atoms with Gasteiger partial charge in [-0.3, -0.25) is 4.79 Å². The number of alkyl carbamates (subject to hydrolysis) is 1. The van der Waals surface area contributed by atoms with Gasteiger partial charge in [0.05, 0.1) is 5.37 Å². The van der Waals surface area contributed by atoms with Crippen molar-refractivity contribution in [3.63, 3.8) is 0 Å². The van der Waals surface area contributed by atoms with Crippen molar-refractivity contribution in [1.82, 2.24) is 10.2 Å². The number of carbonyl (C=O) groups excluding carboxylic acids is 2. The molecule has 1 aliphatic heterocycles. The first-order valence-electron chi connectivity index (χ1n) is 12.1. The van der Waals surface area contributed by atoms with Gasteiger partial charge in [-0.25, -0.2) is 9.59 Å². The SMILES string of the molecule is CC(CCNC(=O)OCC1c2ccccc2-c2ccccc21)CCC(=O)N1C(C)SCC1C(=O)O. The molecule has 1 aliphatic carbocycles. The fourth-order valence-corrected chi connectivity index (χ4v) is 6.11. The molecule has 3 atom stereocenters. The van der Waals surface area contributed by atoms with Gasteiger partial charge >= 0.3 is 12.1 Å². The van der Waals surface area contributed by atoms with Crippen LogP contribution in [-0.4, -0.2) is 58.3 Å². The topological polar surface area (TPSA) is 95.9 Å². The fraction of sp³-hybridized carbons (Fsp3) is 0.444. The van der Waals surface area contributed by atoms with E-state index in [9.17, 15) is 19.5 Å². The molecule has 0 spiro atoms. The predicted octanol–water partition coefficient (Wildman–Crippen LogP) is 4.71. The highest BCUT2D eigenvalue weighted by molar-refractivity contribution is 8.00. The summed E-state index contributed by atoms with van der Waals surface area (Å²) in [5.41, 5.74) is 4.74. The number of benzene rings is 2. The van der Waals surface area contributed by atoms with Crippen LogP contribution in [0.4, 0.5) is 4.79 Å². The molecule has 1 heterocycles. The monoisotopic (exact) mass is 496 g/mol. The van der Waals surface area contributed by atoms with Crippen LogP contribution >= 0.6 is 11.8 Å². The van der Waals surface area contributed by atoms with Crippen LogP contribution in [0.1, 0.15) is 50.2 Å². The van der Waals surface area contributed by atoms with Crippen LogP contribution in [0, 0.1) is 5.92 Å². The van der Waals surface area contributed by atoms with Crippen LogP contribution in [0.25, 0.3) is 11.1 Å². The standard InChI is InChI=1S/C27H32N2O5S/c1-17(11-12-25(30)29-18(2)35-16-24(29)26(31)32)13-14-28-27(33)34-15-23-21-9-5-3-7-19(21)20-8-4-6-10-22(20)23/h3-10,17-18,23-24H,11-16H2,1-2H3,(H,28,33)(H,31,32). The van der Waals surface area contributed by atoms with Gasteiger partial charge in [-0.15, -0.1) is 11.8 Å². The molecule has 2 amide bonds. The van der Waals surface area contributed by atoms with Crippen molar-refractivity contribution in [2.45, 2.75) is 50.4 Å². The summed E-state index contributed by atoms with van der Waals surface area (Å²) in [6.07, 6.45) is 1.22. The summed E-state index contributed by atoms with van der Waals surface area (Å²) < 4.78 is 5.56. The lowest BCUT2D eigenvalue weighted by molar-refractivity contribution is -0.149. The summed E-state index contributed by atoms with van der Waals surface area (Å²) in [6.45, 7) is 4.64. The molecule has 3 unspecified atom stereocenters. The zero-order chi connectivity index (χ0) is 24.9. The lowest BCUT2D eigenvalue weighted by Gasteiger charge is -2.25. The van der Waals surface area contributed by atoms with E-state index in [0.29, 0.717) is 31.6 Å². The fourth-order valence-electron chi connectivity index (χ4n) is 4.92. The maximum Gasteiger partial charge on any atom is 0.407 e. The van der Waals surface area contributed by atoms with Gasteiger partial charge in [0.25, 0.3) is 0 Å². The normalized spacial score (nSPS) is 19.7. The molecule has 2 aliphatic rings. The Kier molecular flexibility index (Phi) is 8.00. The first-order valence-corrected chi connectivity index (χ1v) is 13.2. The quantitative estimate of drug-likeness (QED) is 0.522. The number of fused-ring (bicyclic) bond motifs is 3. The number of hydrogen-bond acceptors (Lipinski definition) is 5. The second-order valence-electron chi connectivity index (χ2n) is 9.27. The van der Waals surface area contributed by atoms with Gasteiger partial charge in [0.15, 0.2) is 0 Å². The summed E-state index contributed by atoms with van der Waals surface area (Å²) >= 11 is 1.49. The Labute approximate surface area is 210 Å². The summed E-state index contributed by atoms with van der Waals surface area (Å²) in [4.78, 5) is 37.8. The van der Waals surface area contributed by atoms with Gasteiger partial charge in [-0.2, -0.15) is 0 Å². The Morgan fingerprint density at radius 3 is 2.34 bits per heavy atom. The van der Waals surface area contributed by atoms with E-state index in [-0.39, 0.29) is 29.7 Å². The molecule has 186 valence electrons. The second-order valence-corrected chi connectivity index (χ2v) is 10.6. The second kappa shape index (κ2) is 11.2. The average Bonchev–Trinajstić information content (AvgIpc) is 3.39. The molecule has 2 N–H and O–H groups in total. The summed E-state index contributed by atoms with van der Waals surface area (Å²) in [7, 11) is 0. The van der Waals surface area contributed by atoms with E-state index in [1.165, 1.54) is 38.9 Å². The minimum absolute atomic E-state index is 0.0267. The van der Waals surface area contributed by atoms with Crippen LogP contribution in [0.3, 0.4) is 0 Å². The van der Waals surface area contributed by atoms with Crippen LogP contribution < -0.4 is 5.32 Å². The highest BCUT2D eigenvalue weighted by Gasteiger charge is 2.39. The van der Waals surface area contributed by atoms with E-state index < -0.39 is 18.1 Å². The third-order valence-electron chi connectivity index (χ3n) is 6.90. The first-order chi connectivity index (χ1) is 16.9. The van der Waals surface area contributed by atoms with Gasteiger partial charge in [0, 0.05) is 24.6 Å². The van der Waals surface area contributed by atoms with Crippen molar-refractivity contribution in [1.29, 1.82) is 0 Å². The molecule has 35 heavy (non-hydrogen) atoms. The predicted molar refractivity (Wildman–Crippen MR) is 136 cm³/mol. The number of rotatable bonds is 9. The van der Waals surface area contributed by atoms with Gasteiger partial charge in [0.1, 0.15) is 12.6 Å². The third-order valence-corrected chi connectivity index (χ3v) is 8.11. The Bertz CT molecular complexity index is 1050. The van der Waals surface area contributed by atoms with Crippen molar-refractivity contribution < 1.29 is 24.2 Å². The van der Waals surface area contributed by atoms with E-state index in [4.69, 9.17) is 4.74 Å². The molecule has 1 saturated heterocycles. The maximum absolute atomic E-state index is 12.6. The number of carboxylic acid groups (broad SMARTS) is 1. The Hall–Kier alpha value is -3.00. The van der Waals surface area contributed by atoms with Crippen molar-refractivity contribution >= 4 is 29.7 Å². The molecule has 7 nitrogen and oxygen atoms in total. The number of aliphatic carboxylic acids is 1. The van der Waals surface area contributed by atoms with Crippen LogP contribution in [0.5, 0.6) is 0 Å². The molecule has 0 bridgehead atoms.